The Balaban J connectivity index is 2.29. The molecule has 2 rings (SSSR count). The van der Waals surface area contributed by atoms with E-state index in [1.165, 1.54) is 13.8 Å². The standard InChI is InChI=1S/C19H26F6O4/c1-6-14(26)28-13-9-10-7-11(13)12(8-10)15(2,3)29-16(4,5)17(27,18(20,21)22)19(23,24)25/h6,10-13,27H,1,7-9H2,2-5H3. The minimum absolute atomic E-state index is 0.128. The molecule has 4 unspecified atom stereocenters. The zero-order chi connectivity index (χ0) is 22.6. The monoisotopic (exact) mass is 432 g/mol. The third-order valence-electron chi connectivity index (χ3n) is 6.29. The molecule has 168 valence electrons. The number of carbonyl (C=O) groups is 1. The maximum Gasteiger partial charge on any atom is 0.429 e. The van der Waals surface area contributed by atoms with Gasteiger partial charge in [0.1, 0.15) is 11.7 Å². The average Bonchev–Trinajstić information content (AvgIpc) is 3.11. The Kier molecular flexibility index (Phi) is 5.91. The molecule has 0 heterocycles. The van der Waals surface area contributed by atoms with Gasteiger partial charge >= 0.3 is 18.3 Å². The molecule has 29 heavy (non-hydrogen) atoms. The van der Waals surface area contributed by atoms with Crippen LogP contribution in [0, 0.1) is 17.8 Å². The number of alkyl halides is 6. The van der Waals surface area contributed by atoms with Crippen LogP contribution in [0.3, 0.4) is 0 Å². The number of halogens is 6. The summed E-state index contributed by atoms with van der Waals surface area (Å²) in [6.07, 6.45) is -9.77. The Morgan fingerprint density at radius 3 is 1.93 bits per heavy atom. The predicted octanol–water partition coefficient (Wildman–Crippen LogP) is 4.56. The van der Waals surface area contributed by atoms with Crippen molar-refractivity contribution in [1.29, 1.82) is 0 Å². The highest BCUT2D eigenvalue weighted by Gasteiger charge is 2.78. The highest BCUT2D eigenvalue weighted by Crippen LogP contribution is 2.57. The summed E-state index contributed by atoms with van der Waals surface area (Å²) in [6.45, 7) is 7.28. The SMILES string of the molecule is C=CC(=O)OC1CC2CC1C(C(C)(C)OC(C)(C)C(O)(C(F)(F)F)C(F)(F)F)C2. The van der Waals surface area contributed by atoms with E-state index in [9.17, 15) is 36.2 Å². The van der Waals surface area contributed by atoms with E-state index in [2.05, 4.69) is 6.58 Å². The summed E-state index contributed by atoms with van der Waals surface area (Å²) < 4.78 is 90.7. The van der Waals surface area contributed by atoms with Crippen LogP contribution in [0.1, 0.15) is 47.0 Å². The lowest BCUT2D eigenvalue weighted by atomic mass is 9.75. The summed E-state index contributed by atoms with van der Waals surface area (Å²) in [7, 11) is 0. The van der Waals surface area contributed by atoms with E-state index in [-0.39, 0.29) is 11.8 Å². The number of hydrogen-bond donors (Lipinski definition) is 1. The lowest BCUT2D eigenvalue weighted by Crippen LogP contribution is -2.71. The van der Waals surface area contributed by atoms with Crippen LogP contribution in [-0.4, -0.2) is 46.3 Å². The van der Waals surface area contributed by atoms with Crippen LogP contribution in [0.5, 0.6) is 0 Å². The van der Waals surface area contributed by atoms with Crippen molar-refractivity contribution in [2.24, 2.45) is 17.8 Å². The minimum Gasteiger partial charge on any atom is -0.459 e. The largest absolute Gasteiger partial charge is 0.459 e. The van der Waals surface area contributed by atoms with Gasteiger partial charge in [-0.1, -0.05) is 6.58 Å². The third kappa shape index (κ3) is 4.02. The molecule has 2 aliphatic carbocycles. The first-order valence-corrected chi connectivity index (χ1v) is 9.26. The molecule has 0 aliphatic heterocycles. The van der Waals surface area contributed by atoms with E-state index in [4.69, 9.17) is 9.47 Å². The zero-order valence-corrected chi connectivity index (χ0v) is 16.7. The fraction of sp³-hybridized carbons (Fsp3) is 0.842. The number of aliphatic hydroxyl groups is 1. The maximum absolute atomic E-state index is 13.3. The molecule has 2 fully saturated rings. The first kappa shape index (κ1) is 24.0. The molecule has 0 spiro atoms. The number of fused-ring (bicyclic) bond motifs is 2. The van der Waals surface area contributed by atoms with Crippen LogP contribution >= 0.6 is 0 Å². The Morgan fingerprint density at radius 2 is 1.52 bits per heavy atom. The van der Waals surface area contributed by atoms with E-state index < -0.39 is 47.1 Å². The number of rotatable bonds is 6. The van der Waals surface area contributed by atoms with Gasteiger partial charge in [0.25, 0.3) is 5.60 Å². The van der Waals surface area contributed by atoms with Crippen molar-refractivity contribution in [3.05, 3.63) is 12.7 Å². The molecule has 0 radical (unpaired) electrons. The van der Waals surface area contributed by atoms with Gasteiger partial charge in [0.2, 0.25) is 0 Å². The molecule has 1 N–H and O–H groups in total. The van der Waals surface area contributed by atoms with Gasteiger partial charge in [0.05, 0.1) is 5.60 Å². The molecule has 0 saturated heterocycles. The summed E-state index contributed by atoms with van der Waals surface area (Å²) in [6, 6.07) is 0. The van der Waals surface area contributed by atoms with Crippen molar-refractivity contribution in [3.8, 4) is 0 Å². The van der Waals surface area contributed by atoms with E-state index in [1.54, 1.807) is 0 Å². The van der Waals surface area contributed by atoms with E-state index in [1.807, 2.05) is 0 Å². The van der Waals surface area contributed by atoms with Gasteiger partial charge < -0.3 is 14.6 Å². The molecular formula is C19H26F6O4. The van der Waals surface area contributed by atoms with Crippen molar-refractivity contribution < 1.29 is 45.7 Å². The van der Waals surface area contributed by atoms with Crippen LogP contribution in [0.25, 0.3) is 0 Å². The fourth-order valence-electron chi connectivity index (χ4n) is 5.07. The predicted molar refractivity (Wildman–Crippen MR) is 90.7 cm³/mol. The van der Waals surface area contributed by atoms with E-state index >= 15 is 0 Å². The van der Waals surface area contributed by atoms with Gasteiger partial charge in [0.15, 0.2) is 0 Å². The second-order valence-electron chi connectivity index (χ2n) is 8.94. The summed E-state index contributed by atoms with van der Waals surface area (Å²) in [5.74, 6) is -1.22. The summed E-state index contributed by atoms with van der Waals surface area (Å²) >= 11 is 0. The molecule has 4 atom stereocenters. The number of hydrogen-bond acceptors (Lipinski definition) is 4. The van der Waals surface area contributed by atoms with Gasteiger partial charge in [0, 0.05) is 12.0 Å². The summed E-state index contributed by atoms with van der Waals surface area (Å²) in [5, 5.41) is 9.80. The fourth-order valence-corrected chi connectivity index (χ4v) is 5.07. The highest BCUT2D eigenvalue weighted by atomic mass is 19.4. The van der Waals surface area contributed by atoms with Gasteiger partial charge in [-0.05, 0) is 58.8 Å². The second-order valence-corrected chi connectivity index (χ2v) is 8.94. The molecule has 2 aliphatic rings. The summed E-state index contributed by atoms with van der Waals surface area (Å²) in [5.41, 5.74) is -9.54. The average molecular weight is 432 g/mol. The highest BCUT2D eigenvalue weighted by molar-refractivity contribution is 5.81. The molecular weight excluding hydrogens is 406 g/mol. The normalized spacial score (nSPS) is 28.5. The van der Waals surface area contributed by atoms with Gasteiger partial charge in [-0.3, -0.25) is 0 Å². The van der Waals surface area contributed by atoms with Crippen LogP contribution in [0.2, 0.25) is 0 Å². The Labute approximate surface area is 165 Å². The molecule has 2 bridgehead atoms. The third-order valence-corrected chi connectivity index (χ3v) is 6.29. The van der Waals surface area contributed by atoms with Crippen molar-refractivity contribution >= 4 is 5.97 Å². The first-order valence-electron chi connectivity index (χ1n) is 9.26. The topological polar surface area (TPSA) is 55.8 Å². The van der Waals surface area contributed by atoms with E-state index in [0.29, 0.717) is 33.1 Å². The lowest BCUT2D eigenvalue weighted by Gasteiger charge is -2.50. The summed E-state index contributed by atoms with van der Waals surface area (Å²) in [4.78, 5) is 11.5. The van der Waals surface area contributed by atoms with Gasteiger partial charge in [-0.2, -0.15) is 26.3 Å². The minimum atomic E-state index is -6.00. The van der Waals surface area contributed by atoms with Gasteiger partial charge in [-0.25, -0.2) is 4.79 Å². The van der Waals surface area contributed by atoms with Crippen LogP contribution in [-0.2, 0) is 14.3 Å². The molecule has 0 amide bonds. The Hall–Kier alpha value is -1.29. The van der Waals surface area contributed by atoms with Crippen LogP contribution < -0.4 is 0 Å². The zero-order valence-electron chi connectivity index (χ0n) is 16.7. The molecule has 4 nitrogen and oxygen atoms in total. The van der Waals surface area contributed by atoms with Crippen LogP contribution in [0.15, 0.2) is 12.7 Å². The Morgan fingerprint density at radius 1 is 1.00 bits per heavy atom. The smallest absolute Gasteiger partial charge is 0.429 e. The number of ether oxygens (including phenoxy) is 2. The molecule has 0 aromatic rings. The number of esters is 1. The molecule has 0 aromatic heterocycles. The first-order chi connectivity index (χ1) is 12.9. The maximum atomic E-state index is 13.3. The molecule has 2 saturated carbocycles. The van der Waals surface area contributed by atoms with Crippen molar-refractivity contribution in [2.45, 2.75) is 82.2 Å². The quantitative estimate of drug-likeness (QED) is 0.380. The lowest BCUT2D eigenvalue weighted by molar-refractivity contribution is -0.421. The van der Waals surface area contributed by atoms with E-state index in [0.717, 1.165) is 6.08 Å². The molecule has 0 aromatic carbocycles. The van der Waals surface area contributed by atoms with Crippen molar-refractivity contribution in [2.75, 3.05) is 0 Å². The van der Waals surface area contributed by atoms with Crippen molar-refractivity contribution in [1.82, 2.24) is 0 Å². The molecule has 10 heteroatoms. The Bertz CT molecular complexity index is 638. The number of carbonyl (C=O) groups excluding carboxylic acids is 1. The van der Waals surface area contributed by atoms with Gasteiger partial charge in [-0.15, -0.1) is 0 Å². The van der Waals surface area contributed by atoms with Crippen LogP contribution in [0.4, 0.5) is 26.3 Å². The van der Waals surface area contributed by atoms with Crippen molar-refractivity contribution in [3.63, 3.8) is 0 Å². The second kappa shape index (κ2) is 7.14.